The lowest BCUT2D eigenvalue weighted by Crippen LogP contribution is -2.58. The Morgan fingerprint density at radius 2 is 1.40 bits per heavy atom. The molecule has 1 amide bonds. The number of carbonyl (C=O) groups is 1. The molecule has 1 fully saturated rings. The highest BCUT2D eigenvalue weighted by Crippen LogP contribution is 2.54. The molecule has 0 saturated carbocycles. The van der Waals surface area contributed by atoms with Crippen molar-refractivity contribution in [3.05, 3.63) is 66.2 Å². The normalized spacial score (nSPS) is 20.3. The molecule has 3 rings (SSSR count). The zero-order valence-electron chi connectivity index (χ0n) is 14.4. The molecule has 0 aromatic heterocycles. The first-order valence-corrected chi connectivity index (χ1v) is 9.37. The van der Waals surface area contributed by atoms with E-state index in [1.807, 2.05) is 60.7 Å². The quantitative estimate of drug-likeness (QED) is 0.576. The fourth-order valence-corrected chi connectivity index (χ4v) is 4.22. The van der Waals surface area contributed by atoms with Gasteiger partial charge in [-0.2, -0.15) is 0 Å². The molecule has 0 spiro atoms. The summed E-state index contributed by atoms with van der Waals surface area (Å²) in [6.45, 7) is 0. The number of amides is 1. The molecule has 132 valence electrons. The molecule has 25 heavy (non-hydrogen) atoms. The first-order valence-electron chi connectivity index (χ1n) is 7.87. The summed E-state index contributed by atoms with van der Waals surface area (Å²) in [6, 6.07) is 18.5. The van der Waals surface area contributed by atoms with Crippen molar-refractivity contribution in [3.8, 4) is 0 Å². The second kappa shape index (κ2) is 7.50. The van der Waals surface area contributed by atoms with Crippen LogP contribution >= 0.6 is 7.74 Å². The Balaban J connectivity index is 2.04. The summed E-state index contributed by atoms with van der Waals surface area (Å²) < 4.78 is 20.6. The maximum Gasteiger partial charge on any atom is 0.355 e. The highest BCUT2D eigenvalue weighted by molar-refractivity contribution is 7.51. The van der Waals surface area contributed by atoms with Crippen LogP contribution in [0, 0.1) is 0 Å². The van der Waals surface area contributed by atoms with E-state index in [1.165, 1.54) is 21.3 Å². The van der Waals surface area contributed by atoms with Gasteiger partial charge in [0.2, 0.25) is 0 Å². The van der Waals surface area contributed by atoms with Gasteiger partial charge in [-0.1, -0.05) is 48.5 Å². The van der Waals surface area contributed by atoms with E-state index in [9.17, 15) is 4.79 Å². The Kier molecular flexibility index (Phi) is 5.35. The second-order valence-electron chi connectivity index (χ2n) is 5.48. The molecular formula is C18H21N2O4P. The average molecular weight is 360 g/mol. The minimum Gasteiger partial charge on any atom is -0.306 e. The summed E-state index contributed by atoms with van der Waals surface area (Å²) in [5, 5.41) is 0. The Morgan fingerprint density at radius 3 is 1.92 bits per heavy atom. The predicted octanol–water partition coefficient (Wildman–Crippen LogP) is 4.03. The van der Waals surface area contributed by atoms with Gasteiger partial charge >= 0.3 is 7.74 Å². The van der Waals surface area contributed by atoms with Gasteiger partial charge in [0, 0.05) is 27.0 Å². The van der Waals surface area contributed by atoms with Crippen LogP contribution in [0.25, 0.3) is 0 Å². The van der Waals surface area contributed by atoms with Crippen LogP contribution in [0.4, 0.5) is 5.69 Å². The Morgan fingerprint density at radius 1 is 0.880 bits per heavy atom. The lowest BCUT2D eigenvalue weighted by Gasteiger charge is -2.46. The van der Waals surface area contributed by atoms with E-state index in [-0.39, 0.29) is 11.9 Å². The van der Waals surface area contributed by atoms with Crippen molar-refractivity contribution < 1.29 is 18.4 Å². The molecule has 2 aromatic carbocycles. The number of hydrogen-bond donors (Lipinski definition) is 0. The van der Waals surface area contributed by atoms with Crippen LogP contribution in [-0.2, 0) is 18.4 Å². The summed E-state index contributed by atoms with van der Waals surface area (Å²) in [7, 11) is 1.52. The summed E-state index contributed by atoms with van der Waals surface area (Å²) in [5.41, 5.74) is 1.84. The van der Waals surface area contributed by atoms with Gasteiger partial charge in [-0.05, 0) is 17.7 Å². The fourth-order valence-electron chi connectivity index (χ4n) is 2.96. The Labute approximate surface area is 147 Å². The fraction of sp³-hybridized carbons (Fsp3) is 0.278. The number of nitrogens with zero attached hydrogens (tertiary/aromatic N) is 2. The maximum atomic E-state index is 12.9. The predicted molar refractivity (Wildman–Crippen MR) is 97.3 cm³/mol. The average Bonchev–Trinajstić information content (AvgIpc) is 2.68. The van der Waals surface area contributed by atoms with E-state index in [2.05, 4.69) is 4.74 Å². The third kappa shape index (κ3) is 3.26. The molecule has 1 aliphatic rings. The largest absolute Gasteiger partial charge is 0.355 e. The molecule has 2 atom stereocenters. The van der Waals surface area contributed by atoms with E-state index < -0.39 is 13.8 Å². The van der Waals surface area contributed by atoms with Gasteiger partial charge < -0.3 is 18.5 Å². The SMILES string of the molecule is COP(=NC1C(=O)N(c2ccccc2)C1c1ccccc1)(OC)OC. The molecule has 1 saturated heterocycles. The summed E-state index contributed by atoms with van der Waals surface area (Å²) in [6.07, 6.45) is 0. The standard InChI is InChI=1S/C18H21N2O4P/c1-22-25(23-2,24-3)19-16-17(14-10-6-4-7-11-14)20(18(16)21)15-12-8-5-9-13-15/h4-13,16-17H,1-3H3. The van der Waals surface area contributed by atoms with E-state index in [0.29, 0.717) is 0 Å². The zero-order chi connectivity index (χ0) is 17.9. The van der Waals surface area contributed by atoms with Crippen molar-refractivity contribution >= 4 is 19.3 Å². The second-order valence-corrected chi connectivity index (χ2v) is 7.74. The molecule has 0 aliphatic carbocycles. The molecule has 0 bridgehead atoms. The van der Waals surface area contributed by atoms with E-state index in [0.717, 1.165) is 11.3 Å². The molecule has 2 unspecified atom stereocenters. The van der Waals surface area contributed by atoms with E-state index in [4.69, 9.17) is 13.6 Å². The third-order valence-electron chi connectivity index (χ3n) is 4.20. The van der Waals surface area contributed by atoms with Gasteiger partial charge in [-0.25, -0.2) is 4.74 Å². The van der Waals surface area contributed by atoms with Crippen molar-refractivity contribution in [2.24, 2.45) is 4.74 Å². The molecule has 1 aliphatic heterocycles. The number of hydrogen-bond acceptors (Lipinski definition) is 5. The minimum absolute atomic E-state index is 0.101. The lowest BCUT2D eigenvalue weighted by molar-refractivity contribution is -0.126. The smallest absolute Gasteiger partial charge is 0.306 e. The molecule has 0 radical (unpaired) electrons. The van der Waals surface area contributed by atoms with Crippen LogP contribution in [0.1, 0.15) is 11.6 Å². The van der Waals surface area contributed by atoms with Crippen molar-refractivity contribution in [2.75, 3.05) is 26.2 Å². The molecule has 0 N–H and O–H groups in total. The lowest BCUT2D eigenvalue weighted by atomic mass is 9.88. The molecule has 6 nitrogen and oxygen atoms in total. The number of benzene rings is 2. The number of anilines is 1. The summed E-state index contributed by atoms with van der Waals surface area (Å²) in [4.78, 5) is 14.6. The molecular weight excluding hydrogens is 339 g/mol. The number of carbonyl (C=O) groups excluding carboxylic acids is 1. The monoisotopic (exact) mass is 360 g/mol. The topological polar surface area (TPSA) is 60.4 Å². The third-order valence-corrected chi connectivity index (χ3v) is 6.12. The van der Waals surface area contributed by atoms with Crippen molar-refractivity contribution in [2.45, 2.75) is 12.1 Å². The van der Waals surface area contributed by atoms with Crippen LogP contribution < -0.4 is 4.90 Å². The summed E-state index contributed by atoms with van der Waals surface area (Å²) in [5.74, 6) is -0.101. The van der Waals surface area contributed by atoms with Crippen molar-refractivity contribution in [1.82, 2.24) is 0 Å². The van der Waals surface area contributed by atoms with Crippen LogP contribution in [0.2, 0.25) is 0 Å². The van der Waals surface area contributed by atoms with Gasteiger partial charge in [0.15, 0.2) is 6.04 Å². The summed E-state index contributed by atoms with van der Waals surface area (Å²) >= 11 is 0. The van der Waals surface area contributed by atoms with E-state index in [1.54, 1.807) is 4.90 Å². The Bertz CT molecular complexity index is 763. The van der Waals surface area contributed by atoms with Crippen molar-refractivity contribution in [1.29, 1.82) is 0 Å². The number of β-lactam (4-membered cyclic amide) rings is 1. The van der Waals surface area contributed by atoms with Crippen LogP contribution in [0.5, 0.6) is 0 Å². The van der Waals surface area contributed by atoms with Gasteiger partial charge in [0.25, 0.3) is 5.91 Å². The zero-order valence-corrected chi connectivity index (χ0v) is 15.3. The molecule has 1 heterocycles. The first-order chi connectivity index (χ1) is 12.2. The van der Waals surface area contributed by atoms with E-state index >= 15 is 0 Å². The highest BCUT2D eigenvalue weighted by atomic mass is 31.2. The van der Waals surface area contributed by atoms with Crippen molar-refractivity contribution in [3.63, 3.8) is 0 Å². The van der Waals surface area contributed by atoms with Gasteiger partial charge in [-0.3, -0.25) is 4.79 Å². The number of rotatable bonds is 6. The van der Waals surface area contributed by atoms with Crippen LogP contribution in [-0.4, -0.2) is 33.3 Å². The number of para-hydroxylation sites is 1. The molecule has 2 aromatic rings. The minimum atomic E-state index is -2.90. The maximum absolute atomic E-state index is 12.9. The Hall–Kier alpha value is -1.98. The van der Waals surface area contributed by atoms with Gasteiger partial charge in [0.1, 0.15) is 0 Å². The first kappa shape index (κ1) is 17.8. The van der Waals surface area contributed by atoms with Crippen LogP contribution in [0.15, 0.2) is 65.4 Å². The van der Waals surface area contributed by atoms with Gasteiger partial charge in [0.05, 0.1) is 6.04 Å². The highest BCUT2D eigenvalue weighted by Gasteiger charge is 2.50. The van der Waals surface area contributed by atoms with Gasteiger partial charge in [-0.15, -0.1) is 0 Å². The molecule has 7 heteroatoms. The van der Waals surface area contributed by atoms with Crippen LogP contribution in [0.3, 0.4) is 0 Å².